The van der Waals surface area contributed by atoms with Crippen molar-refractivity contribution in [2.75, 3.05) is 20.1 Å². The van der Waals surface area contributed by atoms with Crippen LogP contribution in [0, 0.1) is 5.41 Å². The van der Waals surface area contributed by atoms with Crippen molar-refractivity contribution < 1.29 is 13.9 Å². The second-order valence-corrected chi connectivity index (χ2v) is 6.41. The Labute approximate surface area is 137 Å². The Balaban J connectivity index is 2.03. The number of nitrogens with two attached hydrogens (primary N) is 1. The van der Waals surface area contributed by atoms with Gasteiger partial charge in [0.05, 0.1) is 6.26 Å². The van der Waals surface area contributed by atoms with E-state index in [0.717, 1.165) is 11.3 Å². The molecule has 2 aromatic rings. The summed E-state index contributed by atoms with van der Waals surface area (Å²) in [6.45, 7) is 5.40. The van der Waals surface area contributed by atoms with E-state index < -0.39 is 0 Å². The van der Waals surface area contributed by atoms with Crippen LogP contribution in [0.2, 0.25) is 0 Å². The molecule has 0 atom stereocenters. The van der Waals surface area contributed by atoms with Gasteiger partial charge in [0.2, 0.25) is 0 Å². The number of amides is 1. The van der Waals surface area contributed by atoms with Crippen LogP contribution in [-0.2, 0) is 6.61 Å². The van der Waals surface area contributed by atoms with Gasteiger partial charge in [0, 0.05) is 19.2 Å². The van der Waals surface area contributed by atoms with Gasteiger partial charge in [-0.15, -0.1) is 0 Å². The molecule has 0 radical (unpaired) electrons. The lowest BCUT2D eigenvalue weighted by atomic mass is 9.93. The molecule has 1 heterocycles. The van der Waals surface area contributed by atoms with Crippen LogP contribution in [0.25, 0.3) is 0 Å². The molecule has 0 spiro atoms. The number of furan rings is 1. The minimum Gasteiger partial charge on any atom is -0.489 e. The second-order valence-electron chi connectivity index (χ2n) is 6.41. The SMILES string of the molecule is CN(CC(C)(C)CN)C(=O)c1occc1COc1ccccc1. The normalized spacial score (nSPS) is 11.3. The number of carbonyl (C=O) groups excluding carboxylic acids is 1. The molecule has 0 bridgehead atoms. The van der Waals surface area contributed by atoms with Crippen molar-refractivity contribution >= 4 is 5.91 Å². The fourth-order valence-corrected chi connectivity index (χ4v) is 2.27. The van der Waals surface area contributed by atoms with E-state index in [2.05, 4.69) is 0 Å². The third-order valence-electron chi connectivity index (χ3n) is 3.64. The molecular formula is C18H24N2O3. The zero-order chi connectivity index (χ0) is 16.9. The van der Waals surface area contributed by atoms with Gasteiger partial charge in [-0.2, -0.15) is 0 Å². The molecule has 23 heavy (non-hydrogen) atoms. The van der Waals surface area contributed by atoms with Crippen LogP contribution in [0.4, 0.5) is 0 Å². The van der Waals surface area contributed by atoms with Gasteiger partial charge in [-0.25, -0.2) is 0 Å². The van der Waals surface area contributed by atoms with Gasteiger partial charge < -0.3 is 19.8 Å². The summed E-state index contributed by atoms with van der Waals surface area (Å²) in [6, 6.07) is 11.2. The second kappa shape index (κ2) is 7.33. The number of hydrogen-bond donors (Lipinski definition) is 1. The maximum atomic E-state index is 12.6. The van der Waals surface area contributed by atoms with Crippen molar-refractivity contribution in [2.24, 2.45) is 11.1 Å². The van der Waals surface area contributed by atoms with Crippen LogP contribution in [0.5, 0.6) is 5.75 Å². The van der Waals surface area contributed by atoms with Crippen LogP contribution in [0.3, 0.4) is 0 Å². The molecule has 1 amide bonds. The molecular weight excluding hydrogens is 292 g/mol. The lowest BCUT2D eigenvalue weighted by Crippen LogP contribution is -2.39. The van der Waals surface area contributed by atoms with E-state index in [1.165, 1.54) is 6.26 Å². The first-order chi connectivity index (χ1) is 10.9. The molecule has 1 aromatic carbocycles. The first-order valence-corrected chi connectivity index (χ1v) is 7.63. The monoisotopic (exact) mass is 316 g/mol. The molecule has 0 saturated heterocycles. The third-order valence-corrected chi connectivity index (χ3v) is 3.64. The maximum absolute atomic E-state index is 12.6. The summed E-state index contributed by atoms with van der Waals surface area (Å²) < 4.78 is 11.1. The predicted molar refractivity (Wildman–Crippen MR) is 89.3 cm³/mol. The van der Waals surface area contributed by atoms with Gasteiger partial charge >= 0.3 is 0 Å². The Hall–Kier alpha value is -2.27. The summed E-state index contributed by atoms with van der Waals surface area (Å²) >= 11 is 0. The van der Waals surface area contributed by atoms with Crippen molar-refractivity contribution in [3.63, 3.8) is 0 Å². The zero-order valence-corrected chi connectivity index (χ0v) is 13.9. The molecule has 5 heteroatoms. The van der Waals surface area contributed by atoms with Crippen LogP contribution in [-0.4, -0.2) is 30.9 Å². The minimum atomic E-state index is -0.164. The highest BCUT2D eigenvalue weighted by atomic mass is 16.5. The van der Waals surface area contributed by atoms with Crippen LogP contribution in [0.15, 0.2) is 47.1 Å². The predicted octanol–water partition coefficient (Wildman–Crippen LogP) is 2.92. The number of hydrogen-bond acceptors (Lipinski definition) is 4. The summed E-state index contributed by atoms with van der Waals surface area (Å²) in [4.78, 5) is 14.2. The van der Waals surface area contributed by atoms with Crippen molar-refractivity contribution in [1.82, 2.24) is 4.90 Å². The number of benzene rings is 1. The lowest BCUT2D eigenvalue weighted by Gasteiger charge is -2.28. The highest BCUT2D eigenvalue weighted by molar-refractivity contribution is 5.92. The zero-order valence-electron chi connectivity index (χ0n) is 13.9. The number of para-hydroxylation sites is 1. The van der Waals surface area contributed by atoms with Crippen LogP contribution < -0.4 is 10.5 Å². The summed E-state index contributed by atoms with van der Waals surface area (Å²) in [5.41, 5.74) is 6.33. The van der Waals surface area contributed by atoms with Gasteiger partial charge in [-0.1, -0.05) is 32.0 Å². The smallest absolute Gasteiger partial charge is 0.289 e. The van der Waals surface area contributed by atoms with E-state index in [4.69, 9.17) is 14.9 Å². The molecule has 0 unspecified atom stereocenters. The molecule has 0 saturated carbocycles. The highest BCUT2D eigenvalue weighted by Gasteiger charge is 2.25. The first kappa shape index (κ1) is 17.1. The summed E-state index contributed by atoms with van der Waals surface area (Å²) in [5.74, 6) is 0.907. The number of nitrogens with zero attached hydrogens (tertiary/aromatic N) is 1. The highest BCUT2D eigenvalue weighted by Crippen LogP contribution is 2.19. The van der Waals surface area contributed by atoms with E-state index in [-0.39, 0.29) is 17.9 Å². The largest absolute Gasteiger partial charge is 0.489 e. The quantitative estimate of drug-likeness (QED) is 0.853. The molecule has 0 aliphatic heterocycles. The number of ether oxygens (including phenoxy) is 1. The van der Waals surface area contributed by atoms with Gasteiger partial charge in [0.1, 0.15) is 12.4 Å². The van der Waals surface area contributed by atoms with E-state index in [9.17, 15) is 4.79 Å². The van der Waals surface area contributed by atoms with Crippen molar-refractivity contribution in [1.29, 1.82) is 0 Å². The molecule has 124 valence electrons. The van der Waals surface area contributed by atoms with Gasteiger partial charge in [-0.05, 0) is 30.2 Å². The summed E-state index contributed by atoms with van der Waals surface area (Å²) in [5, 5.41) is 0. The van der Waals surface area contributed by atoms with Gasteiger partial charge in [-0.3, -0.25) is 4.79 Å². The Bertz CT molecular complexity index is 635. The Morgan fingerprint density at radius 2 is 1.96 bits per heavy atom. The molecule has 0 fully saturated rings. The lowest BCUT2D eigenvalue weighted by molar-refractivity contribution is 0.0705. The Morgan fingerprint density at radius 1 is 1.26 bits per heavy atom. The fourth-order valence-electron chi connectivity index (χ4n) is 2.27. The van der Waals surface area contributed by atoms with E-state index in [1.807, 2.05) is 44.2 Å². The summed E-state index contributed by atoms with van der Waals surface area (Å²) in [6.07, 6.45) is 1.51. The Morgan fingerprint density at radius 3 is 2.61 bits per heavy atom. The van der Waals surface area contributed by atoms with E-state index in [1.54, 1.807) is 18.0 Å². The van der Waals surface area contributed by atoms with Crippen molar-refractivity contribution in [2.45, 2.75) is 20.5 Å². The minimum absolute atomic E-state index is 0.141. The van der Waals surface area contributed by atoms with Crippen LogP contribution >= 0.6 is 0 Å². The van der Waals surface area contributed by atoms with E-state index >= 15 is 0 Å². The molecule has 5 nitrogen and oxygen atoms in total. The molecule has 1 aromatic heterocycles. The van der Waals surface area contributed by atoms with Crippen molar-refractivity contribution in [3.05, 3.63) is 54.0 Å². The fraction of sp³-hybridized carbons (Fsp3) is 0.389. The number of rotatable bonds is 7. The van der Waals surface area contributed by atoms with Gasteiger partial charge in [0.25, 0.3) is 5.91 Å². The van der Waals surface area contributed by atoms with Gasteiger partial charge in [0.15, 0.2) is 5.76 Å². The number of carbonyl (C=O) groups is 1. The Kier molecular flexibility index (Phi) is 5.45. The first-order valence-electron chi connectivity index (χ1n) is 7.63. The van der Waals surface area contributed by atoms with Crippen LogP contribution in [0.1, 0.15) is 30.0 Å². The molecule has 2 rings (SSSR count). The maximum Gasteiger partial charge on any atom is 0.289 e. The average molecular weight is 316 g/mol. The summed E-state index contributed by atoms with van der Waals surface area (Å²) in [7, 11) is 1.75. The van der Waals surface area contributed by atoms with E-state index in [0.29, 0.717) is 18.8 Å². The molecule has 0 aliphatic rings. The topological polar surface area (TPSA) is 68.7 Å². The van der Waals surface area contributed by atoms with Crippen molar-refractivity contribution in [3.8, 4) is 5.75 Å². The standard InChI is InChI=1S/C18H24N2O3/c1-18(2,12-19)13-20(3)17(21)16-14(9-10-22-16)11-23-15-7-5-4-6-8-15/h4-10H,11-13,19H2,1-3H3. The molecule has 2 N–H and O–H groups in total. The average Bonchev–Trinajstić information content (AvgIpc) is 3.01. The third kappa shape index (κ3) is 4.60. The molecule has 0 aliphatic carbocycles.